The molecule has 0 fully saturated rings. The summed E-state index contributed by atoms with van der Waals surface area (Å²) < 4.78 is 10.3. The molecule has 0 spiro atoms. The van der Waals surface area contributed by atoms with Crippen LogP contribution in [0, 0.1) is 27.7 Å². The van der Waals surface area contributed by atoms with Crippen molar-refractivity contribution in [3.63, 3.8) is 0 Å². The van der Waals surface area contributed by atoms with E-state index >= 15 is 0 Å². The van der Waals surface area contributed by atoms with Gasteiger partial charge in [-0.3, -0.25) is 0 Å². The Morgan fingerprint density at radius 1 is 0.520 bits per heavy atom. The predicted octanol–water partition coefficient (Wildman–Crippen LogP) is 6.02. The summed E-state index contributed by atoms with van der Waals surface area (Å²) in [5.41, 5.74) is 5.18. The Bertz CT molecular complexity index is 741. The first-order valence-corrected chi connectivity index (χ1v) is 8.46. The molecule has 2 heteroatoms. The first-order chi connectivity index (χ1) is 12.0. The maximum Gasteiger partial charge on any atom is 0.231 e. The molecule has 0 amide bonds. The number of rotatable bonds is 0. The summed E-state index contributed by atoms with van der Waals surface area (Å²) in [5, 5.41) is 0. The second-order valence-electron chi connectivity index (χ2n) is 6.17. The number of hydrogen-bond acceptors (Lipinski definition) is 2. The van der Waals surface area contributed by atoms with Crippen LogP contribution in [0.2, 0.25) is 0 Å². The van der Waals surface area contributed by atoms with Gasteiger partial charge in [0, 0.05) is 0 Å². The third kappa shape index (κ3) is 6.72. The minimum atomic E-state index is 0.360. The lowest BCUT2D eigenvalue weighted by molar-refractivity contribution is 0.174. The summed E-state index contributed by atoms with van der Waals surface area (Å²) in [6, 6.07) is 24.7. The highest BCUT2D eigenvalue weighted by atomic mass is 16.7. The van der Waals surface area contributed by atoms with Gasteiger partial charge in [0.1, 0.15) is 0 Å². The fourth-order valence-corrected chi connectivity index (χ4v) is 2.18. The summed E-state index contributed by atoms with van der Waals surface area (Å²) in [4.78, 5) is 0. The van der Waals surface area contributed by atoms with Crippen molar-refractivity contribution in [2.24, 2.45) is 0 Å². The topological polar surface area (TPSA) is 18.5 Å². The van der Waals surface area contributed by atoms with Gasteiger partial charge in [0.2, 0.25) is 6.79 Å². The summed E-state index contributed by atoms with van der Waals surface area (Å²) >= 11 is 0. The highest BCUT2D eigenvalue weighted by Gasteiger charge is 2.11. The van der Waals surface area contributed by atoms with Crippen molar-refractivity contribution in [1.82, 2.24) is 0 Å². The van der Waals surface area contributed by atoms with Crippen LogP contribution in [0.4, 0.5) is 0 Å². The lowest BCUT2D eigenvalue weighted by Gasteiger charge is -1.94. The van der Waals surface area contributed by atoms with Crippen molar-refractivity contribution in [3.8, 4) is 11.5 Å². The van der Waals surface area contributed by atoms with E-state index in [1.165, 1.54) is 22.3 Å². The minimum absolute atomic E-state index is 0.360. The van der Waals surface area contributed by atoms with E-state index < -0.39 is 0 Å². The Hall–Kier alpha value is -2.74. The Morgan fingerprint density at radius 2 is 1.00 bits per heavy atom. The first-order valence-electron chi connectivity index (χ1n) is 8.46. The van der Waals surface area contributed by atoms with Crippen LogP contribution in [0.25, 0.3) is 0 Å². The van der Waals surface area contributed by atoms with Crippen LogP contribution in [0.15, 0.2) is 72.8 Å². The highest BCUT2D eigenvalue weighted by molar-refractivity contribution is 5.43. The predicted molar refractivity (Wildman–Crippen MR) is 104 cm³/mol. The largest absolute Gasteiger partial charge is 0.454 e. The van der Waals surface area contributed by atoms with Gasteiger partial charge in [-0.25, -0.2) is 0 Å². The van der Waals surface area contributed by atoms with Gasteiger partial charge >= 0.3 is 0 Å². The van der Waals surface area contributed by atoms with Gasteiger partial charge < -0.3 is 9.47 Å². The molecular formula is C23H26O2. The third-order valence-electron chi connectivity index (χ3n) is 3.69. The molecule has 0 saturated carbocycles. The number of fused-ring (bicyclic) bond motifs is 1. The average Bonchev–Trinajstić information content (AvgIpc) is 3.07. The number of benzene rings is 3. The number of hydrogen-bond donors (Lipinski definition) is 0. The monoisotopic (exact) mass is 334 g/mol. The normalized spacial score (nSPS) is 10.9. The van der Waals surface area contributed by atoms with Crippen LogP contribution >= 0.6 is 0 Å². The molecule has 2 nitrogen and oxygen atoms in total. The van der Waals surface area contributed by atoms with Gasteiger partial charge in [0.05, 0.1) is 0 Å². The van der Waals surface area contributed by atoms with Crippen molar-refractivity contribution in [2.45, 2.75) is 27.7 Å². The van der Waals surface area contributed by atoms with E-state index in [1.807, 2.05) is 43.3 Å². The quantitative estimate of drug-likeness (QED) is 0.500. The maximum atomic E-state index is 5.16. The SMILES string of the molecule is Cc1ccc(C)cc1.Cc1ccc2c(c1)OCO2.Cc1ccccc1. The van der Waals surface area contributed by atoms with Crippen LogP contribution in [-0.2, 0) is 0 Å². The van der Waals surface area contributed by atoms with Crippen molar-refractivity contribution in [3.05, 3.63) is 95.1 Å². The summed E-state index contributed by atoms with van der Waals surface area (Å²) in [6.07, 6.45) is 0. The standard InChI is InChI=1S/C8H8O2.C8H10.C7H8/c1-6-2-3-7-8(4-6)10-5-9-7;1-7-3-5-8(2)6-4-7;1-7-5-3-2-4-6-7/h2-4H,5H2,1H3;3-6H,1-2H3;2-6H,1H3. The van der Waals surface area contributed by atoms with Gasteiger partial charge in [-0.05, 0) is 45.4 Å². The summed E-state index contributed by atoms with van der Waals surface area (Å²) in [5.74, 6) is 1.71. The van der Waals surface area contributed by atoms with Crippen molar-refractivity contribution < 1.29 is 9.47 Å². The minimum Gasteiger partial charge on any atom is -0.454 e. The second kappa shape index (κ2) is 9.53. The fraction of sp³-hybridized carbons (Fsp3) is 0.217. The lowest BCUT2D eigenvalue weighted by Crippen LogP contribution is -1.92. The van der Waals surface area contributed by atoms with Gasteiger partial charge in [-0.1, -0.05) is 77.4 Å². The lowest BCUT2D eigenvalue weighted by atomic mass is 10.2. The van der Waals surface area contributed by atoms with Crippen LogP contribution in [-0.4, -0.2) is 6.79 Å². The van der Waals surface area contributed by atoms with Gasteiger partial charge in [-0.15, -0.1) is 0 Å². The molecule has 0 N–H and O–H groups in total. The van der Waals surface area contributed by atoms with E-state index in [0.717, 1.165) is 11.5 Å². The van der Waals surface area contributed by atoms with E-state index in [9.17, 15) is 0 Å². The van der Waals surface area contributed by atoms with Crippen molar-refractivity contribution in [1.29, 1.82) is 0 Å². The molecule has 3 aromatic rings. The van der Waals surface area contributed by atoms with E-state index in [1.54, 1.807) is 0 Å². The van der Waals surface area contributed by atoms with E-state index in [-0.39, 0.29) is 0 Å². The van der Waals surface area contributed by atoms with E-state index in [0.29, 0.717) is 6.79 Å². The second-order valence-corrected chi connectivity index (χ2v) is 6.17. The Balaban J connectivity index is 0.000000138. The molecule has 0 aliphatic carbocycles. The zero-order valence-electron chi connectivity index (χ0n) is 15.5. The molecule has 0 saturated heterocycles. The molecule has 0 atom stereocenters. The highest BCUT2D eigenvalue weighted by Crippen LogP contribution is 2.31. The van der Waals surface area contributed by atoms with Crippen molar-refractivity contribution in [2.75, 3.05) is 6.79 Å². The molecule has 0 bridgehead atoms. The van der Waals surface area contributed by atoms with Gasteiger partial charge in [0.25, 0.3) is 0 Å². The summed E-state index contributed by atoms with van der Waals surface area (Å²) in [6.45, 7) is 8.67. The molecule has 0 unspecified atom stereocenters. The smallest absolute Gasteiger partial charge is 0.231 e. The molecule has 130 valence electrons. The molecule has 4 rings (SSSR count). The van der Waals surface area contributed by atoms with Crippen LogP contribution in [0.1, 0.15) is 22.3 Å². The molecular weight excluding hydrogens is 308 g/mol. The van der Waals surface area contributed by atoms with Crippen LogP contribution < -0.4 is 9.47 Å². The van der Waals surface area contributed by atoms with Crippen molar-refractivity contribution >= 4 is 0 Å². The first kappa shape index (κ1) is 18.6. The van der Waals surface area contributed by atoms with E-state index in [2.05, 4.69) is 57.2 Å². The molecule has 1 heterocycles. The van der Waals surface area contributed by atoms with Gasteiger partial charge in [0.15, 0.2) is 11.5 Å². The maximum absolute atomic E-state index is 5.16. The van der Waals surface area contributed by atoms with E-state index in [4.69, 9.17) is 9.47 Å². The molecule has 1 aliphatic heterocycles. The Labute approximate surface area is 151 Å². The average molecular weight is 334 g/mol. The zero-order valence-corrected chi connectivity index (χ0v) is 15.5. The van der Waals surface area contributed by atoms with Gasteiger partial charge in [-0.2, -0.15) is 0 Å². The fourth-order valence-electron chi connectivity index (χ4n) is 2.18. The number of aryl methyl sites for hydroxylation is 4. The number of ether oxygens (including phenoxy) is 2. The van der Waals surface area contributed by atoms with Crippen LogP contribution in [0.3, 0.4) is 0 Å². The molecule has 0 radical (unpaired) electrons. The third-order valence-corrected chi connectivity index (χ3v) is 3.69. The summed E-state index contributed by atoms with van der Waals surface area (Å²) in [7, 11) is 0. The van der Waals surface area contributed by atoms with Crippen LogP contribution in [0.5, 0.6) is 11.5 Å². The Morgan fingerprint density at radius 3 is 1.52 bits per heavy atom. The molecule has 1 aliphatic rings. The Kier molecular flexibility index (Phi) is 7.09. The molecule has 3 aromatic carbocycles. The zero-order chi connectivity index (χ0) is 18.1. The molecule has 0 aromatic heterocycles. The molecule has 25 heavy (non-hydrogen) atoms.